The minimum absolute atomic E-state index is 0.0151. The van der Waals surface area contributed by atoms with Gasteiger partial charge in [0.1, 0.15) is 11.3 Å². The van der Waals surface area contributed by atoms with Gasteiger partial charge < -0.3 is 19.6 Å². The zero-order chi connectivity index (χ0) is 15.6. The molecule has 2 N–H and O–H groups in total. The summed E-state index contributed by atoms with van der Waals surface area (Å²) in [4.78, 5) is 12.3. The first-order valence-electron chi connectivity index (χ1n) is 6.96. The third-order valence-electron chi connectivity index (χ3n) is 3.85. The van der Waals surface area contributed by atoms with Gasteiger partial charge in [-0.1, -0.05) is 6.92 Å². The summed E-state index contributed by atoms with van der Waals surface area (Å²) in [5, 5.41) is 12.8. The maximum absolute atomic E-state index is 12.3. The number of carbonyl (C=O) groups is 1. The number of hydrogen-bond donors (Lipinski definition) is 2. The van der Waals surface area contributed by atoms with Crippen LogP contribution in [0.3, 0.4) is 0 Å². The third-order valence-corrected chi connectivity index (χ3v) is 3.85. The summed E-state index contributed by atoms with van der Waals surface area (Å²) in [5.74, 6) is 0.741. The van der Waals surface area contributed by atoms with Gasteiger partial charge in [0.05, 0.1) is 7.11 Å². The van der Waals surface area contributed by atoms with Crippen LogP contribution in [0.4, 0.5) is 0 Å². The number of methoxy groups -OCH3 is 1. The van der Waals surface area contributed by atoms with Crippen LogP contribution in [0.5, 0.6) is 5.75 Å². The van der Waals surface area contributed by atoms with Crippen LogP contribution >= 0.6 is 0 Å². The first-order valence-corrected chi connectivity index (χ1v) is 6.96. The molecule has 2 rings (SSSR count). The van der Waals surface area contributed by atoms with E-state index in [1.54, 1.807) is 19.2 Å². The summed E-state index contributed by atoms with van der Waals surface area (Å²) in [7, 11) is 1.60. The summed E-state index contributed by atoms with van der Waals surface area (Å²) < 4.78 is 10.8. The SMILES string of the molecule is COc1ccc2oc(C(=O)NC(C)C(C)CO)c(C)c2c1. The number of aliphatic hydroxyl groups is 1. The van der Waals surface area contributed by atoms with Crippen molar-refractivity contribution in [2.75, 3.05) is 13.7 Å². The van der Waals surface area contributed by atoms with E-state index in [9.17, 15) is 4.79 Å². The number of nitrogens with one attached hydrogen (secondary N) is 1. The van der Waals surface area contributed by atoms with Crippen LogP contribution in [0.15, 0.2) is 22.6 Å². The second-order valence-corrected chi connectivity index (χ2v) is 5.34. The Morgan fingerprint density at radius 2 is 2.14 bits per heavy atom. The van der Waals surface area contributed by atoms with Crippen molar-refractivity contribution in [3.8, 4) is 5.75 Å². The van der Waals surface area contributed by atoms with Crippen molar-refractivity contribution in [1.29, 1.82) is 0 Å². The van der Waals surface area contributed by atoms with E-state index in [-0.39, 0.29) is 24.5 Å². The molecule has 114 valence electrons. The van der Waals surface area contributed by atoms with Crippen molar-refractivity contribution in [2.24, 2.45) is 5.92 Å². The van der Waals surface area contributed by atoms with Crippen molar-refractivity contribution in [2.45, 2.75) is 26.8 Å². The lowest BCUT2D eigenvalue weighted by atomic mass is 10.0. The Balaban J connectivity index is 2.29. The molecule has 0 bridgehead atoms. The van der Waals surface area contributed by atoms with E-state index in [4.69, 9.17) is 14.3 Å². The third kappa shape index (κ3) is 3.03. The average Bonchev–Trinajstić information content (AvgIpc) is 2.82. The Bertz CT molecular complexity index is 647. The largest absolute Gasteiger partial charge is 0.497 e. The summed E-state index contributed by atoms with van der Waals surface area (Å²) in [6.45, 7) is 5.61. The minimum atomic E-state index is -0.268. The molecule has 2 atom stereocenters. The number of rotatable bonds is 5. The van der Waals surface area contributed by atoms with E-state index >= 15 is 0 Å². The van der Waals surface area contributed by atoms with Crippen molar-refractivity contribution >= 4 is 16.9 Å². The highest BCUT2D eigenvalue weighted by molar-refractivity contribution is 5.99. The molecule has 1 aromatic heterocycles. The molecule has 0 fully saturated rings. The number of aliphatic hydroxyl groups excluding tert-OH is 1. The van der Waals surface area contributed by atoms with Gasteiger partial charge in [-0.15, -0.1) is 0 Å². The van der Waals surface area contributed by atoms with Gasteiger partial charge in [-0.2, -0.15) is 0 Å². The van der Waals surface area contributed by atoms with Crippen molar-refractivity contribution < 1.29 is 19.1 Å². The zero-order valence-corrected chi connectivity index (χ0v) is 12.8. The number of ether oxygens (including phenoxy) is 1. The highest BCUT2D eigenvalue weighted by Gasteiger charge is 2.21. The highest BCUT2D eigenvalue weighted by Crippen LogP contribution is 2.28. The van der Waals surface area contributed by atoms with Gasteiger partial charge in [0.15, 0.2) is 5.76 Å². The average molecular weight is 291 g/mol. The summed E-state index contributed by atoms with van der Waals surface area (Å²) in [6.07, 6.45) is 0. The van der Waals surface area contributed by atoms with Gasteiger partial charge in [-0.3, -0.25) is 4.79 Å². The molecule has 5 nitrogen and oxygen atoms in total. The topological polar surface area (TPSA) is 71.7 Å². The second-order valence-electron chi connectivity index (χ2n) is 5.34. The van der Waals surface area contributed by atoms with Gasteiger partial charge in [0.2, 0.25) is 0 Å². The van der Waals surface area contributed by atoms with Crippen molar-refractivity contribution in [1.82, 2.24) is 5.32 Å². The van der Waals surface area contributed by atoms with Gasteiger partial charge in [0, 0.05) is 23.6 Å². The molecule has 21 heavy (non-hydrogen) atoms. The van der Waals surface area contributed by atoms with Crippen LogP contribution in [0.2, 0.25) is 0 Å². The number of fused-ring (bicyclic) bond motifs is 1. The lowest BCUT2D eigenvalue weighted by Crippen LogP contribution is -2.38. The maximum atomic E-state index is 12.3. The van der Waals surface area contributed by atoms with E-state index in [1.165, 1.54) is 0 Å². The molecule has 2 unspecified atom stereocenters. The van der Waals surface area contributed by atoms with Crippen LogP contribution < -0.4 is 10.1 Å². The normalized spacial score (nSPS) is 14.0. The molecule has 0 aliphatic carbocycles. The van der Waals surface area contributed by atoms with Crippen LogP contribution in [-0.2, 0) is 0 Å². The van der Waals surface area contributed by atoms with E-state index < -0.39 is 0 Å². The molecule has 5 heteroatoms. The Kier molecular flexibility index (Phi) is 4.53. The molecule has 2 aromatic rings. The van der Waals surface area contributed by atoms with E-state index in [2.05, 4.69) is 5.32 Å². The Hall–Kier alpha value is -2.01. The Labute approximate surface area is 123 Å². The molecular weight excluding hydrogens is 270 g/mol. The van der Waals surface area contributed by atoms with Gasteiger partial charge >= 0.3 is 0 Å². The lowest BCUT2D eigenvalue weighted by molar-refractivity contribution is 0.0889. The van der Waals surface area contributed by atoms with E-state index in [1.807, 2.05) is 26.8 Å². The van der Waals surface area contributed by atoms with Crippen molar-refractivity contribution in [3.05, 3.63) is 29.5 Å². The number of amides is 1. The monoisotopic (exact) mass is 291 g/mol. The van der Waals surface area contributed by atoms with E-state index in [0.717, 1.165) is 16.7 Å². The minimum Gasteiger partial charge on any atom is -0.497 e. The zero-order valence-electron chi connectivity index (χ0n) is 12.8. The number of furan rings is 1. The molecular formula is C16H21NO4. The first-order chi connectivity index (χ1) is 9.97. The predicted molar refractivity (Wildman–Crippen MR) is 80.7 cm³/mol. The number of hydrogen-bond acceptors (Lipinski definition) is 4. The number of aryl methyl sites for hydroxylation is 1. The highest BCUT2D eigenvalue weighted by atomic mass is 16.5. The van der Waals surface area contributed by atoms with Gasteiger partial charge in [0.25, 0.3) is 5.91 Å². The lowest BCUT2D eigenvalue weighted by Gasteiger charge is -2.18. The molecule has 1 heterocycles. The summed E-state index contributed by atoms with van der Waals surface area (Å²) in [6, 6.07) is 5.30. The Morgan fingerprint density at radius 1 is 1.43 bits per heavy atom. The molecule has 0 aliphatic rings. The molecule has 0 radical (unpaired) electrons. The fourth-order valence-corrected chi connectivity index (χ4v) is 2.12. The molecule has 0 saturated carbocycles. The fourth-order valence-electron chi connectivity index (χ4n) is 2.12. The molecule has 1 aromatic carbocycles. The van der Waals surface area contributed by atoms with Crippen molar-refractivity contribution in [3.63, 3.8) is 0 Å². The molecule has 0 aliphatic heterocycles. The number of benzene rings is 1. The quantitative estimate of drug-likeness (QED) is 0.888. The maximum Gasteiger partial charge on any atom is 0.287 e. The second kappa shape index (κ2) is 6.18. The molecule has 0 spiro atoms. The van der Waals surface area contributed by atoms with Gasteiger partial charge in [-0.25, -0.2) is 0 Å². The predicted octanol–water partition coefficient (Wildman–Crippen LogP) is 2.50. The van der Waals surface area contributed by atoms with Crippen LogP contribution in [0.25, 0.3) is 11.0 Å². The van der Waals surface area contributed by atoms with Crippen LogP contribution in [0.1, 0.15) is 30.0 Å². The van der Waals surface area contributed by atoms with Crippen LogP contribution in [0, 0.1) is 12.8 Å². The van der Waals surface area contributed by atoms with E-state index in [0.29, 0.717) is 11.3 Å². The summed E-state index contributed by atoms with van der Waals surface area (Å²) in [5.41, 5.74) is 1.44. The Morgan fingerprint density at radius 3 is 2.76 bits per heavy atom. The standard InChI is InChI=1S/C16H21NO4/c1-9(8-18)11(3)17-16(19)15-10(2)13-7-12(20-4)5-6-14(13)21-15/h5-7,9,11,18H,8H2,1-4H3,(H,17,19). The van der Waals surface area contributed by atoms with Gasteiger partial charge in [-0.05, 0) is 38.0 Å². The smallest absolute Gasteiger partial charge is 0.287 e. The number of carbonyl (C=O) groups excluding carboxylic acids is 1. The fraction of sp³-hybridized carbons (Fsp3) is 0.438. The first kappa shape index (κ1) is 15.4. The molecule has 1 amide bonds. The van der Waals surface area contributed by atoms with Crippen LogP contribution in [-0.4, -0.2) is 30.8 Å². The summed E-state index contributed by atoms with van der Waals surface area (Å²) >= 11 is 0. The molecule has 0 saturated heterocycles.